The maximum atomic E-state index is 10.7. The average Bonchev–Trinajstić information content (AvgIpc) is 3.15. The maximum Gasteiger partial charge on any atom is 0.341 e. The molecule has 0 saturated heterocycles. The SMILES string of the molecule is O=C(O)COc1cc2[nH]c(C3=Cc4ccc(Br)cc4C3)cc2cc1Cl. The molecule has 2 N–H and O–H groups in total. The number of hydrogen-bond acceptors (Lipinski definition) is 2. The number of rotatable bonds is 4. The van der Waals surface area contributed by atoms with E-state index in [1.165, 1.54) is 16.7 Å². The van der Waals surface area contributed by atoms with Crippen LogP contribution in [0.4, 0.5) is 0 Å². The van der Waals surface area contributed by atoms with Gasteiger partial charge in [0.05, 0.1) is 5.02 Å². The second kappa shape index (κ2) is 6.24. The minimum atomic E-state index is -1.04. The standard InChI is InChI=1S/C19H13BrClNO3/c20-14-2-1-10-3-12(4-11(10)5-14)16-7-13-6-15(21)18(8-17(13)22-16)25-9-19(23)24/h1-3,5-8,22H,4,9H2,(H,23,24). The molecule has 0 spiro atoms. The molecule has 1 aromatic heterocycles. The molecule has 1 aliphatic rings. The summed E-state index contributed by atoms with van der Waals surface area (Å²) >= 11 is 9.70. The van der Waals surface area contributed by atoms with Crippen molar-refractivity contribution in [1.82, 2.24) is 4.98 Å². The molecule has 6 heteroatoms. The first kappa shape index (κ1) is 16.2. The molecule has 0 unspecified atom stereocenters. The second-order valence-corrected chi connectivity index (χ2v) is 7.25. The largest absolute Gasteiger partial charge is 0.480 e. The van der Waals surface area contributed by atoms with Crippen LogP contribution in [-0.2, 0) is 11.2 Å². The minimum Gasteiger partial charge on any atom is -0.480 e. The van der Waals surface area contributed by atoms with Gasteiger partial charge in [0, 0.05) is 33.6 Å². The highest BCUT2D eigenvalue weighted by molar-refractivity contribution is 9.10. The molecule has 0 amide bonds. The lowest BCUT2D eigenvalue weighted by Crippen LogP contribution is -2.09. The first-order valence-corrected chi connectivity index (χ1v) is 8.83. The Balaban J connectivity index is 1.67. The van der Waals surface area contributed by atoms with Gasteiger partial charge in [0.1, 0.15) is 5.75 Å². The number of hydrogen-bond donors (Lipinski definition) is 2. The summed E-state index contributed by atoms with van der Waals surface area (Å²) in [4.78, 5) is 14.0. The molecule has 4 nitrogen and oxygen atoms in total. The summed E-state index contributed by atoms with van der Waals surface area (Å²) in [6, 6.07) is 11.8. The molecule has 0 radical (unpaired) electrons. The first-order chi connectivity index (χ1) is 12.0. The number of aliphatic carboxylic acids is 1. The van der Waals surface area contributed by atoms with Crippen molar-refractivity contribution < 1.29 is 14.6 Å². The van der Waals surface area contributed by atoms with Crippen molar-refractivity contribution in [2.24, 2.45) is 0 Å². The van der Waals surface area contributed by atoms with E-state index in [1.807, 2.05) is 6.07 Å². The van der Waals surface area contributed by atoms with Gasteiger partial charge in [0.15, 0.2) is 6.61 Å². The first-order valence-electron chi connectivity index (χ1n) is 7.66. The van der Waals surface area contributed by atoms with Gasteiger partial charge in [-0.05, 0) is 47.0 Å². The van der Waals surface area contributed by atoms with Gasteiger partial charge in [0.2, 0.25) is 0 Å². The number of ether oxygens (including phenoxy) is 1. The Morgan fingerprint density at radius 2 is 2.12 bits per heavy atom. The number of allylic oxidation sites excluding steroid dienone is 1. The van der Waals surface area contributed by atoms with E-state index in [1.54, 1.807) is 12.1 Å². The lowest BCUT2D eigenvalue weighted by molar-refractivity contribution is -0.139. The van der Waals surface area contributed by atoms with Gasteiger partial charge < -0.3 is 14.8 Å². The molecule has 1 aliphatic carbocycles. The fourth-order valence-corrected chi connectivity index (χ4v) is 3.68. The van der Waals surface area contributed by atoms with Crippen molar-refractivity contribution >= 4 is 56.1 Å². The molecule has 0 saturated carbocycles. The number of nitrogens with one attached hydrogen (secondary N) is 1. The summed E-state index contributed by atoms with van der Waals surface area (Å²) in [5.41, 5.74) is 5.59. The predicted octanol–water partition coefficient (Wildman–Crippen LogP) is 5.14. The monoisotopic (exact) mass is 417 g/mol. The third kappa shape index (κ3) is 3.17. The van der Waals surface area contributed by atoms with Crippen molar-refractivity contribution in [2.45, 2.75) is 6.42 Å². The van der Waals surface area contributed by atoms with Gasteiger partial charge in [-0.15, -0.1) is 0 Å². The Morgan fingerprint density at radius 1 is 1.28 bits per heavy atom. The number of aromatic nitrogens is 1. The molecule has 2 aromatic carbocycles. The number of aromatic amines is 1. The Hall–Kier alpha value is -2.24. The van der Waals surface area contributed by atoms with E-state index in [0.717, 1.165) is 27.5 Å². The summed E-state index contributed by atoms with van der Waals surface area (Å²) < 4.78 is 6.31. The normalized spacial score (nSPS) is 13.0. The van der Waals surface area contributed by atoms with E-state index in [-0.39, 0.29) is 0 Å². The van der Waals surface area contributed by atoms with Gasteiger partial charge in [-0.2, -0.15) is 0 Å². The lowest BCUT2D eigenvalue weighted by atomic mass is 10.1. The topological polar surface area (TPSA) is 62.3 Å². The Morgan fingerprint density at radius 3 is 2.92 bits per heavy atom. The highest BCUT2D eigenvalue weighted by Crippen LogP contribution is 2.36. The number of halogens is 2. The number of benzene rings is 2. The van der Waals surface area contributed by atoms with E-state index in [2.05, 4.69) is 45.2 Å². The zero-order valence-corrected chi connectivity index (χ0v) is 15.3. The van der Waals surface area contributed by atoms with Crippen molar-refractivity contribution in [3.05, 3.63) is 62.7 Å². The number of carboxylic acid groups (broad SMARTS) is 1. The molecule has 0 fully saturated rings. The molecule has 25 heavy (non-hydrogen) atoms. The molecule has 3 aromatic rings. The van der Waals surface area contributed by atoms with E-state index in [0.29, 0.717) is 10.8 Å². The average molecular weight is 419 g/mol. The zero-order chi connectivity index (χ0) is 17.6. The highest BCUT2D eigenvalue weighted by Gasteiger charge is 2.17. The van der Waals surface area contributed by atoms with E-state index in [4.69, 9.17) is 21.4 Å². The zero-order valence-electron chi connectivity index (χ0n) is 13.0. The summed E-state index contributed by atoms with van der Waals surface area (Å²) in [6.07, 6.45) is 3.04. The maximum absolute atomic E-state index is 10.7. The summed E-state index contributed by atoms with van der Waals surface area (Å²) in [6.45, 7) is -0.422. The Kier molecular flexibility index (Phi) is 4.06. The van der Waals surface area contributed by atoms with Crippen LogP contribution in [-0.4, -0.2) is 22.7 Å². The van der Waals surface area contributed by atoms with Crippen molar-refractivity contribution in [1.29, 1.82) is 0 Å². The minimum absolute atomic E-state index is 0.359. The number of H-pyrrole nitrogens is 1. The Labute approximate surface area is 157 Å². The van der Waals surface area contributed by atoms with Crippen LogP contribution in [0.2, 0.25) is 5.02 Å². The van der Waals surface area contributed by atoms with Crippen LogP contribution < -0.4 is 4.74 Å². The third-order valence-corrected chi connectivity index (χ3v) is 4.97. The van der Waals surface area contributed by atoms with Crippen LogP contribution in [0.5, 0.6) is 5.75 Å². The van der Waals surface area contributed by atoms with Crippen LogP contribution in [0.1, 0.15) is 16.8 Å². The summed E-state index contributed by atoms with van der Waals surface area (Å²) in [7, 11) is 0. The summed E-state index contributed by atoms with van der Waals surface area (Å²) in [5.74, 6) is -0.680. The van der Waals surface area contributed by atoms with E-state index < -0.39 is 12.6 Å². The van der Waals surface area contributed by atoms with Crippen molar-refractivity contribution in [3.63, 3.8) is 0 Å². The van der Waals surface area contributed by atoms with Gasteiger partial charge in [0.25, 0.3) is 0 Å². The van der Waals surface area contributed by atoms with Crippen LogP contribution in [0.25, 0.3) is 22.6 Å². The van der Waals surface area contributed by atoms with Gasteiger partial charge in [-0.25, -0.2) is 4.79 Å². The molecule has 1 heterocycles. The van der Waals surface area contributed by atoms with Gasteiger partial charge in [-0.1, -0.05) is 33.6 Å². The number of carboxylic acids is 1. The molecule has 4 rings (SSSR count). The molecule has 0 aliphatic heterocycles. The Bertz CT molecular complexity index is 1040. The van der Waals surface area contributed by atoms with Crippen LogP contribution >= 0.6 is 27.5 Å². The molecule has 0 bridgehead atoms. The van der Waals surface area contributed by atoms with Crippen LogP contribution in [0, 0.1) is 0 Å². The second-order valence-electron chi connectivity index (χ2n) is 5.92. The van der Waals surface area contributed by atoms with E-state index in [9.17, 15) is 4.79 Å². The number of fused-ring (bicyclic) bond motifs is 2. The van der Waals surface area contributed by atoms with Gasteiger partial charge >= 0.3 is 5.97 Å². The third-order valence-electron chi connectivity index (χ3n) is 4.19. The molecular weight excluding hydrogens is 406 g/mol. The lowest BCUT2D eigenvalue weighted by Gasteiger charge is -2.05. The van der Waals surface area contributed by atoms with Crippen LogP contribution in [0.3, 0.4) is 0 Å². The molecular formula is C19H13BrClNO3. The highest BCUT2D eigenvalue weighted by atomic mass is 79.9. The smallest absolute Gasteiger partial charge is 0.341 e. The van der Waals surface area contributed by atoms with Crippen molar-refractivity contribution in [2.75, 3.05) is 6.61 Å². The molecule has 0 atom stereocenters. The predicted molar refractivity (Wildman–Crippen MR) is 102 cm³/mol. The van der Waals surface area contributed by atoms with Crippen LogP contribution in [0.15, 0.2) is 40.9 Å². The molecule has 126 valence electrons. The van der Waals surface area contributed by atoms with Gasteiger partial charge in [-0.3, -0.25) is 0 Å². The summed E-state index contributed by atoms with van der Waals surface area (Å²) in [5, 5.41) is 10.1. The quantitative estimate of drug-likeness (QED) is 0.616. The number of carbonyl (C=O) groups is 1. The fraction of sp³-hybridized carbons (Fsp3) is 0.105. The fourth-order valence-electron chi connectivity index (χ4n) is 3.04. The van der Waals surface area contributed by atoms with E-state index >= 15 is 0 Å². The van der Waals surface area contributed by atoms with Crippen molar-refractivity contribution in [3.8, 4) is 5.75 Å².